The summed E-state index contributed by atoms with van der Waals surface area (Å²) in [4.78, 5) is 11.5. The molecule has 1 atom stereocenters. The molecule has 122 valence electrons. The number of aliphatic hydroxyl groups excluding tert-OH is 1. The second kappa shape index (κ2) is 6.96. The normalized spacial score (nSPS) is 15.2. The Labute approximate surface area is 137 Å². The molecule has 0 bridgehead atoms. The molecule has 0 radical (unpaired) electrons. The molecule has 2 aromatic rings. The van der Waals surface area contributed by atoms with E-state index in [2.05, 4.69) is 57.4 Å². The number of hydrogen-bond acceptors (Lipinski definition) is 5. The maximum absolute atomic E-state index is 9.22. The number of hydrogen-bond donors (Lipinski definition) is 2. The van der Waals surface area contributed by atoms with Crippen molar-refractivity contribution in [3.05, 3.63) is 47.2 Å². The van der Waals surface area contributed by atoms with Crippen molar-refractivity contribution in [2.24, 2.45) is 0 Å². The largest absolute Gasteiger partial charge is 0.394 e. The van der Waals surface area contributed by atoms with Gasteiger partial charge >= 0.3 is 0 Å². The fourth-order valence-corrected chi connectivity index (χ4v) is 2.85. The Balaban J connectivity index is 1.86. The van der Waals surface area contributed by atoms with Crippen molar-refractivity contribution in [3.63, 3.8) is 0 Å². The van der Waals surface area contributed by atoms with Crippen molar-refractivity contribution in [3.8, 4) is 0 Å². The molecular weight excluding hydrogens is 288 g/mol. The van der Waals surface area contributed by atoms with Gasteiger partial charge in [0, 0.05) is 30.9 Å². The van der Waals surface area contributed by atoms with Gasteiger partial charge in [-0.05, 0) is 30.9 Å². The van der Waals surface area contributed by atoms with Crippen LogP contribution in [0.1, 0.15) is 30.7 Å². The smallest absolute Gasteiger partial charge is 0.225 e. The van der Waals surface area contributed by atoms with E-state index in [1.807, 2.05) is 6.92 Å². The van der Waals surface area contributed by atoms with Crippen LogP contribution in [-0.2, 0) is 19.4 Å². The third kappa shape index (κ3) is 3.62. The minimum absolute atomic E-state index is 0.0583. The zero-order valence-electron chi connectivity index (χ0n) is 13.8. The highest BCUT2D eigenvalue weighted by molar-refractivity contribution is 5.48. The molecule has 3 rings (SSSR count). The third-order valence-electron chi connectivity index (χ3n) is 4.23. The maximum atomic E-state index is 9.22. The van der Waals surface area contributed by atoms with Crippen LogP contribution in [0.2, 0.25) is 0 Å². The van der Waals surface area contributed by atoms with E-state index >= 15 is 0 Å². The highest BCUT2D eigenvalue weighted by atomic mass is 16.3. The topological polar surface area (TPSA) is 61.3 Å². The molecule has 0 aliphatic carbocycles. The van der Waals surface area contributed by atoms with Crippen LogP contribution in [0.3, 0.4) is 0 Å². The summed E-state index contributed by atoms with van der Waals surface area (Å²) in [5, 5.41) is 12.4. The molecule has 1 aliphatic rings. The number of nitrogens with zero attached hydrogens (tertiary/aromatic N) is 3. The molecule has 1 aliphatic heterocycles. The number of rotatable bonds is 5. The molecule has 5 nitrogen and oxygen atoms in total. The van der Waals surface area contributed by atoms with Gasteiger partial charge in [-0.25, -0.2) is 4.98 Å². The van der Waals surface area contributed by atoms with Gasteiger partial charge in [0.15, 0.2) is 0 Å². The molecule has 0 unspecified atom stereocenters. The van der Waals surface area contributed by atoms with Crippen LogP contribution in [-0.4, -0.2) is 34.3 Å². The first-order valence-electron chi connectivity index (χ1n) is 8.26. The minimum Gasteiger partial charge on any atom is -0.394 e. The van der Waals surface area contributed by atoms with Gasteiger partial charge in [-0.15, -0.1) is 0 Å². The van der Waals surface area contributed by atoms with Crippen molar-refractivity contribution in [1.82, 2.24) is 9.97 Å². The van der Waals surface area contributed by atoms with E-state index < -0.39 is 0 Å². The predicted octanol–water partition coefficient (Wildman–Crippen LogP) is 2.39. The summed E-state index contributed by atoms with van der Waals surface area (Å²) in [7, 11) is 0. The molecule has 1 aromatic heterocycles. The molecule has 1 aromatic carbocycles. The molecule has 2 heterocycles. The van der Waals surface area contributed by atoms with E-state index in [0.29, 0.717) is 5.95 Å². The van der Waals surface area contributed by atoms with Crippen LogP contribution in [0.25, 0.3) is 0 Å². The molecule has 0 amide bonds. The number of nitrogens with one attached hydrogen (secondary N) is 1. The molecule has 0 saturated heterocycles. The number of aromatic nitrogens is 2. The quantitative estimate of drug-likeness (QED) is 0.888. The van der Waals surface area contributed by atoms with Gasteiger partial charge in [0.05, 0.1) is 6.61 Å². The molecule has 23 heavy (non-hydrogen) atoms. The summed E-state index contributed by atoms with van der Waals surface area (Å²) >= 11 is 0. The van der Waals surface area contributed by atoms with Crippen LogP contribution in [0.15, 0.2) is 30.3 Å². The minimum atomic E-state index is -0.0583. The van der Waals surface area contributed by atoms with Gasteiger partial charge in [-0.3, -0.25) is 0 Å². The van der Waals surface area contributed by atoms with Gasteiger partial charge < -0.3 is 15.3 Å². The lowest BCUT2D eigenvalue weighted by atomic mass is 10.00. The van der Waals surface area contributed by atoms with E-state index in [4.69, 9.17) is 0 Å². The van der Waals surface area contributed by atoms with Crippen LogP contribution in [0.4, 0.5) is 11.8 Å². The summed E-state index contributed by atoms with van der Waals surface area (Å²) in [5.74, 6) is 1.55. The molecule has 0 fully saturated rings. The number of aryl methyl sites for hydroxylation is 1. The Hall–Kier alpha value is -2.14. The third-order valence-corrected chi connectivity index (χ3v) is 4.23. The van der Waals surface area contributed by atoms with Crippen molar-refractivity contribution >= 4 is 11.8 Å². The lowest BCUT2D eigenvalue weighted by Crippen LogP contribution is -2.31. The summed E-state index contributed by atoms with van der Waals surface area (Å²) in [5.41, 5.74) is 3.82. The monoisotopic (exact) mass is 312 g/mol. The van der Waals surface area contributed by atoms with Crippen LogP contribution in [0.5, 0.6) is 0 Å². The van der Waals surface area contributed by atoms with Crippen LogP contribution < -0.4 is 10.2 Å². The van der Waals surface area contributed by atoms with E-state index in [1.54, 1.807) is 0 Å². The Morgan fingerprint density at radius 3 is 2.78 bits per heavy atom. The van der Waals surface area contributed by atoms with E-state index in [0.717, 1.165) is 37.4 Å². The zero-order valence-corrected chi connectivity index (χ0v) is 13.8. The first-order valence-corrected chi connectivity index (χ1v) is 8.26. The zero-order chi connectivity index (χ0) is 16.2. The lowest BCUT2D eigenvalue weighted by Gasteiger charge is -2.30. The van der Waals surface area contributed by atoms with Gasteiger partial charge in [-0.2, -0.15) is 4.98 Å². The fourth-order valence-electron chi connectivity index (χ4n) is 2.85. The molecule has 2 N–H and O–H groups in total. The molecule has 0 spiro atoms. The van der Waals surface area contributed by atoms with Crippen LogP contribution in [0, 0.1) is 0 Å². The lowest BCUT2D eigenvalue weighted by molar-refractivity contribution is 0.281. The average molecular weight is 312 g/mol. The maximum Gasteiger partial charge on any atom is 0.225 e. The Morgan fingerprint density at radius 2 is 2.04 bits per heavy atom. The number of aliphatic hydroxyl groups is 1. The summed E-state index contributed by atoms with van der Waals surface area (Å²) in [6, 6.07) is 10.6. The fraction of sp³-hybridized carbons (Fsp3) is 0.444. The standard InChI is InChI=1S/C18H24N4O/c1-3-16-10-17(21-18(20-16)19-13(2)12-23)22-9-8-14-6-4-5-7-15(14)11-22/h4-7,10,13,23H,3,8-9,11-12H2,1-2H3,(H,19,20,21)/t13-/m1/s1. The summed E-state index contributed by atoms with van der Waals surface area (Å²) in [6.07, 6.45) is 1.90. The second-order valence-corrected chi connectivity index (χ2v) is 6.06. The van der Waals surface area contributed by atoms with E-state index in [1.165, 1.54) is 11.1 Å². The number of fused-ring (bicyclic) bond motifs is 1. The van der Waals surface area contributed by atoms with E-state index in [-0.39, 0.29) is 12.6 Å². The van der Waals surface area contributed by atoms with Crippen LogP contribution >= 0.6 is 0 Å². The van der Waals surface area contributed by atoms with E-state index in [9.17, 15) is 5.11 Å². The van der Waals surface area contributed by atoms with Gasteiger partial charge in [0.25, 0.3) is 0 Å². The molecular formula is C18H24N4O. The van der Waals surface area contributed by atoms with Gasteiger partial charge in [0.1, 0.15) is 5.82 Å². The molecule has 0 saturated carbocycles. The van der Waals surface area contributed by atoms with Gasteiger partial charge in [-0.1, -0.05) is 31.2 Å². The van der Waals surface area contributed by atoms with Crippen molar-refractivity contribution in [2.45, 2.75) is 39.3 Å². The van der Waals surface area contributed by atoms with Crippen molar-refractivity contribution < 1.29 is 5.11 Å². The molecule has 5 heteroatoms. The Bertz CT molecular complexity index is 674. The Kier molecular flexibility index (Phi) is 4.76. The van der Waals surface area contributed by atoms with Gasteiger partial charge in [0.2, 0.25) is 5.95 Å². The predicted molar refractivity (Wildman–Crippen MR) is 92.8 cm³/mol. The summed E-state index contributed by atoms with van der Waals surface area (Å²) in [6.45, 7) is 5.92. The highest BCUT2D eigenvalue weighted by Gasteiger charge is 2.18. The first-order chi connectivity index (χ1) is 11.2. The first kappa shape index (κ1) is 15.7. The SMILES string of the molecule is CCc1cc(N2CCc3ccccc3C2)nc(N[C@H](C)CO)n1. The van der Waals surface area contributed by atoms with Crippen molar-refractivity contribution in [2.75, 3.05) is 23.4 Å². The Morgan fingerprint density at radius 1 is 1.26 bits per heavy atom. The highest BCUT2D eigenvalue weighted by Crippen LogP contribution is 2.24. The van der Waals surface area contributed by atoms with Crippen molar-refractivity contribution in [1.29, 1.82) is 0 Å². The second-order valence-electron chi connectivity index (χ2n) is 6.06. The number of benzene rings is 1. The average Bonchev–Trinajstić information content (AvgIpc) is 2.60. The summed E-state index contributed by atoms with van der Waals surface area (Å²) < 4.78 is 0. The number of anilines is 2.